The second kappa shape index (κ2) is 9.24. The number of carbonyl (C=O) groups is 3. The summed E-state index contributed by atoms with van der Waals surface area (Å²) >= 11 is 12.0. The maximum atomic E-state index is 13.1. The molecule has 0 bridgehead atoms. The number of nitrogens with zero attached hydrogens (tertiary/aromatic N) is 1. The van der Waals surface area contributed by atoms with Crippen molar-refractivity contribution in [2.45, 2.75) is 13.3 Å². The third-order valence-electron chi connectivity index (χ3n) is 4.40. The lowest BCUT2D eigenvalue weighted by Gasteiger charge is -2.27. The first-order valence-electron chi connectivity index (χ1n) is 9.22. The zero-order chi connectivity index (χ0) is 22.7. The number of amides is 4. The van der Waals surface area contributed by atoms with Gasteiger partial charge in [-0.3, -0.25) is 14.9 Å². The van der Waals surface area contributed by atoms with E-state index in [2.05, 4.69) is 11.9 Å². The van der Waals surface area contributed by atoms with Gasteiger partial charge in [0.1, 0.15) is 5.57 Å². The molecule has 3 rings (SSSR count). The molecule has 0 radical (unpaired) electrons. The highest BCUT2D eigenvalue weighted by molar-refractivity contribution is 6.42. The van der Waals surface area contributed by atoms with Crippen LogP contribution in [0.3, 0.4) is 0 Å². The van der Waals surface area contributed by atoms with E-state index in [1.165, 1.54) is 30.3 Å². The Hall–Kier alpha value is -3.29. The molecule has 9 heteroatoms. The van der Waals surface area contributed by atoms with Gasteiger partial charge in [0.15, 0.2) is 11.5 Å². The van der Waals surface area contributed by atoms with E-state index in [1.54, 1.807) is 19.1 Å². The molecule has 1 aliphatic heterocycles. The number of urea groups is 1. The fourth-order valence-electron chi connectivity index (χ4n) is 3.05. The highest BCUT2D eigenvalue weighted by atomic mass is 35.5. The Morgan fingerprint density at radius 3 is 2.58 bits per heavy atom. The molecule has 2 aromatic rings. The van der Waals surface area contributed by atoms with Crippen LogP contribution in [0, 0.1) is 0 Å². The van der Waals surface area contributed by atoms with Gasteiger partial charge in [0.2, 0.25) is 0 Å². The number of phenolic OH excluding ortho intramolecular Hbond substituents is 1. The van der Waals surface area contributed by atoms with Crippen LogP contribution in [0.1, 0.15) is 18.1 Å². The molecule has 0 aliphatic carbocycles. The zero-order valence-corrected chi connectivity index (χ0v) is 18.0. The van der Waals surface area contributed by atoms with Crippen molar-refractivity contribution in [3.05, 3.63) is 69.7 Å². The molecular formula is C22H18Cl2N2O5. The SMILES string of the molecule is C=CCc1cc(/C=C2\C(=O)NC(=O)N(c3ccc(Cl)cc3Cl)C2=O)cc(OCC)c1O. The number of benzene rings is 2. The molecule has 2 aromatic carbocycles. The maximum Gasteiger partial charge on any atom is 0.335 e. The molecule has 0 saturated carbocycles. The topological polar surface area (TPSA) is 95.9 Å². The van der Waals surface area contributed by atoms with Crippen molar-refractivity contribution in [2.24, 2.45) is 0 Å². The van der Waals surface area contributed by atoms with Gasteiger partial charge in [-0.15, -0.1) is 6.58 Å². The number of ether oxygens (including phenoxy) is 1. The minimum Gasteiger partial charge on any atom is -0.504 e. The maximum absolute atomic E-state index is 13.1. The second-order valence-corrected chi connectivity index (χ2v) is 7.35. The van der Waals surface area contributed by atoms with Crippen molar-refractivity contribution in [3.63, 3.8) is 0 Å². The summed E-state index contributed by atoms with van der Waals surface area (Å²) in [5.41, 5.74) is 0.724. The van der Waals surface area contributed by atoms with Gasteiger partial charge in [0.25, 0.3) is 11.8 Å². The molecule has 0 atom stereocenters. The summed E-state index contributed by atoms with van der Waals surface area (Å²) in [7, 11) is 0. The van der Waals surface area contributed by atoms with Crippen molar-refractivity contribution in [1.29, 1.82) is 0 Å². The first-order valence-corrected chi connectivity index (χ1v) is 9.98. The standard InChI is InChI=1S/C22H18Cl2N2O5/c1-3-5-13-8-12(10-18(19(13)27)31-4-2)9-15-20(28)25-22(30)26(21(15)29)17-7-6-14(23)11-16(17)24/h3,6-11,27H,1,4-5H2,2H3,(H,25,28,30)/b15-9+. The van der Waals surface area contributed by atoms with E-state index in [9.17, 15) is 19.5 Å². The van der Waals surface area contributed by atoms with Crippen molar-refractivity contribution >= 4 is 52.8 Å². The van der Waals surface area contributed by atoms with Gasteiger partial charge in [-0.25, -0.2) is 9.69 Å². The Labute approximate surface area is 188 Å². The third kappa shape index (κ3) is 4.57. The molecule has 0 aromatic heterocycles. The molecule has 0 spiro atoms. The van der Waals surface area contributed by atoms with E-state index in [4.69, 9.17) is 27.9 Å². The number of phenols is 1. The largest absolute Gasteiger partial charge is 0.504 e. The number of carbonyl (C=O) groups excluding carboxylic acids is 3. The number of aromatic hydroxyl groups is 1. The van der Waals surface area contributed by atoms with Gasteiger partial charge in [0.05, 0.1) is 17.3 Å². The molecular weight excluding hydrogens is 443 g/mol. The fourth-order valence-corrected chi connectivity index (χ4v) is 3.55. The van der Waals surface area contributed by atoms with Crippen LogP contribution in [-0.4, -0.2) is 29.6 Å². The van der Waals surface area contributed by atoms with Gasteiger partial charge in [0, 0.05) is 10.6 Å². The lowest BCUT2D eigenvalue weighted by atomic mass is 10.0. The van der Waals surface area contributed by atoms with Crippen LogP contribution in [0.4, 0.5) is 10.5 Å². The van der Waals surface area contributed by atoms with Crippen LogP contribution >= 0.6 is 23.2 Å². The van der Waals surface area contributed by atoms with Gasteiger partial charge < -0.3 is 9.84 Å². The molecule has 1 aliphatic rings. The summed E-state index contributed by atoms with van der Waals surface area (Å²) < 4.78 is 5.45. The molecule has 31 heavy (non-hydrogen) atoms. The van der Waals surface area contributed by atoms with Gasteiger partial charge in [-0.1, -0.05) is 29.3 Å². The van der Waals surface area contributed by atoms with Crippen LogP contribution in [0.15, 0.2) is 48.6 Å². The predicted octanol–water partition coefficient (Wildman–Crippen LogP) is 4.49. The normalized spacial score (nSPS) is 15.3. The van der Waals surface area contributed by atoms with E-state index in [0.717, 1.165) is 4.90 Å². The minimum atomic E-state index is -0.926. The monoisotopic (exact) mass is 460 g/mol. The summed E-state index contributed by atoms with van der Waals surface area (Å²) in [6.45, 7) is 5.72. The van der Waals surface area contributed by atoms with Crippen molar-refractivity contribution in [2.75, 3.05) is 11.5 Å². The molecule has 1 fully saturated rings. The molecule has 4 amide bonds. The summed E-state index contributed by atoms with van der Waals surface area (Å²) in [6.07, 6.45) is 3.26. The highest BCUT2D eigenvalue weighted by Gasteiger charge is 2.37. The lowest BCUT2D eigenvalue weighted by molar-refractivity contribution is -0.122. The summed E-state index contributed by atoms with van der Waals surface area (Å²) in [4.78, 5) is 38.6. The smallest absolute Gasteiger partial charge is 0.335 e. The number of hydrogen-bond donors (Lipinski definition) is 2. The van der Waals surface area contributed by atoms with E-state index >= 15 is 0 Å². The fraction of sp³-hybridized carbons (Fsp3) is 0.136. The summed E-state index contributed by atoms with van der Waals surface area (Å²) in [6, 6.07) is 6.43. The quantitative estimate of drug-likeness (QED) is 0.376. The highest BCUT2D eigenvalue weighted by Crippen LogP contribution is 2.34. The van der Waals surface area contributed by atoms with Gasteiger partial charge in [-0.2, -0.15) is 0 Å². The Morgan fingerprint density at radius 2 is 1.94 bits per heavy atom. The predicted molar refractivity (Wildman–Crippen MR) is 119 cm³/mol. The van der Waals surface area contributed by atoms with Gasteiger partial charge >= 0.3 is 6.03 Å². The first kappa shape index (κ1) is 22.4. The Kier molecular flexibility index (Phi) is 6.68. The molecule has 160 valence electrons. The number of allylic oxidation sites excluding steroid dienone is 1. The summed E-state index contributed by atoms with van der Waals surface area (Å²) in [5, 5.41) is 12.9. The van der Waals surface area contributed by atoms with Crippen LogP contribution in [-0.2, 0) is 16.0 Å². The first-order chi connectivity index (χ1) is 14.8. The average Bonchev–Trinajstić information content (AvgIpc) is 2.70. The lowest BCUT2D eigenvalue weighted by Crippen LogP contribution is -2.54. The molecule has 0 unspecified atom stereocenters. The molecule has 1 heterocycles. The minimum absolute atomic E-state index is 0.0481. The third-order valence-corrected chi connectivity index (χ3v) is 4.94. The van der Waals surface area contributed by atoms with E-state index in [0.29, 0.717) is 29.2 Å². The molecule has 2 N–H and O–H groups in total. The van der Waals surface area contributed by atoms with E-state index in [-0.39, 0.29) is 27.8 Å². The van der Waals surface area contributed by atoms with Crippen LogP contribution in [0.2, 0.25) is 10.0 Å². The number of barbiturate groups is 1. The number of anilines is 1. The zero-order valence-electron chi connectivity index (χ0n) is 16.4. The average molecular weight is 461 g/mol. The number of nitrogens with one attached hydrogen (secondary N) is 1. The number of hydrogen-bond acceptors (Lipinski definition) is 5. The number of imide groups is 2. The van der Waals surface area contributed by atoms with Crippen LogP contribution < -0.4 is 15.0 Å². The number of halogens is 2. The van der Waals surface area contributed by atoms with Gasteiger partial charge in [-0.05, 0) is 55.3 Å². The van der Waals surface area contributed by atoms with Crippen molar-refractivity contribution in [3.8, 4) is 11.5 Å². The number of rotatable bonds is 6. The van der Waals surface area contributed by atoms with E-state index < -0.39 is 17.8 Å². The van der Waals surface area contributed by atoms with Crippen molar-refractivity contribution < 1.29 is 24.2 Å². The van der Waals surface area contributed by atoms with Crippen LogP contribution in [0.25, 0.3) is 6.08 Å². The van der Waals surface area contributed by atoms with Crippen LogP contribution in [0.5, 0.6) is 11.5 Å². The Morgan fingerprint density at radius 1 is 1.19 bits per heavy atom. The van der Waals surface area contributed by atoms with E-state index in [1.807, 2.05) is 0 Å². The molecule has 1 saturated heterocycles. The molecule has 7 nitrogen and oxygen atoms in total. The van der Waals surface area contributed by atoms with Crippen molar-refractivity contribution in [1.82, 2.24) is 5.32 Å². The Balaban J connectivity index is 2.08. The summed E-state index contributed by atoms with van der Waals surface area (Å²) in [5.74, 6) is -1.55. The second-order valence-electron chi connectivity index (χ2n) is 6.51. The Bertz CT molecular complexity index is 1130.